The number of benzene rings is 1. The summed E-state index contributed by atoms with van der Waals surface area (Å²) < 4.78 is 16.5. The van der Waals surface area contributed by atoms with Crippen molar-refractivity contribution >= 4 is 17.2 Å². The van der Waals surface area contributed by atoms with Crippen molar-refractivity contribution in [3.05, 3.63) is 23.8 Å². The number of nitrogens with two attached hydrogens (primary N) is 1. The molecule has 0 aliphatic heterocycles. The lowest BCUT2D eigenvalue weighted by atomic mass is 10.2. The van der Waals surface area contributed by atoms with E-state index in [4.69, 9.17) is 32.2 Å². The molecule has 1 rings (SSSR count). The minimum Gasteiger partial charge on any atom is -0.493 e. The number of rotatable bonds is 6. The average Bonchev–Trinajstić information content (AvgIpc) is 2.33. The first-order valence-corrected chi connectivity index (χ1v) is 6.49. The highest BCUT2D eigenvalue weighted by Crippen LogP contribution is 2.28. The van der Waals surface area contributed by atoms with Crippen LogP contribution in [-0.4, -0.2) is 30.9 Å². The van der Waals surface area contributed by atoms with Gasteiger partial charge in [0.2, 0.25) is 0 Å². The molecule has 0 aliphatic rings. The van der Waals surface area contributed by atoms with E-state index in [9.17, 15) is 0 Å². The van der Waals surface area contributed by atoms with Crippen LogP contribution in [-0.2, 0) is 4.74 Å². The highest BCUT2D eigenvalue weighted by atomic mass is 32.1. The van der Waals surface area contributed by atoms with Gasteiger partial charge in [0.1, 0.15) is 11.6 Å². The Bertz CT molecular complexity index is 441. The predicted molar refractivity (Wildman–Crippen MR) is 80.1 cm³/mol. The summed E-state index contributed by atoms with van der Waals surface area (Å²) in [5.74, 6) is 1.26. The Hall–Kier alpha value is -1.33. The minimum atomic E-state index is -0.164. The van der Waals surface area contributed by atoms with E-state index >= 15 is 0 Å². The Morgan fingerprint density at radius 1 is 1.21 bits per heavy atom. The zero-order valence-corrected chi connectivity index (χ0v) is 12.7. The molecule has 0 saturated carbocycles. The van der Waals surface area contributed by atoms with Gasteiger partial charge in [-0.2, -0.15) is 0 Å². The number of hydrogen-bond acceptors (Lipinski definition) is 4. The summed E-state index contributed by atoms with van der Waals surface area (Å²) >= 11 is 4.92. The fourth-order valence-electron chi connectivity index (χ4n) is 1.44. The molecule has 106 valence electrons. The summed E-state index contributed by atoms with van der Waals surface area (Å²) in [5.41, 5.74) is 6.16. The third-order valence-electron chi connectivity index (χ3n) is 2.32. The first-order chi connectivity index (χ1) is 8.83. The highest BCUT2D eigenvalue weighted by molar-refractivity contribution is 7.80. The Balaban J connectivity index is 2.61. The van der Waals surface area contributed by atoms with Gasteiger partial charge in [-0.15, -0.1) is 0 Å². The summed E-state index contributed by atoms with van der Waals surface area (Å²) in [4.78, 5) is 0.334. The first kappa shape index (κ1) is 15.7. The van der Waals surface area contributed by atoms with Crippen LogP contribution in [0.5, 0.6) is 11.5 Å². The average molecular weight is 283 g/mol. The summed E-state index contributed by atoms with van der Waals surface area (Å²) in [6.07, 6.45) is 0. The van der Waals surface area contributed by atoms with Crippen LogP contribution in [0.15, 0.2) is 18.2 Å². The SMILES string of the molecule is COc1cc(C(N)=S)ccc1OCCOC(C)(C)C. The van der Waals surface area contributed by atoms with E-state index in [1.165, 1.54) is 0 Å². The Kier molecular flexibility index (Phi) is 5.57. The van der Waals surface area contributed by atoms with Crippen LogP contribution in [0.2, 0.25) is 0 Å². The molecule has 0 aliphatic carbocycles. The molecule has 0 unspecified atom stereocenters. The van der Waals surface area contributed by atoms with E-state index in [0.29, 0.717) is 29.7 Å². The molecule has 0 spiro atoms. The molecule has 0 bridgehead atoms. The molecule has 19 heavy (non-hydrogen) atoms. The second-order valence-electron chi connectivity index (χ2n) is 5.04. The van der Waals surface area contributed by atoms with Gasteiger partial charge in [0.05, 0.1) is 19.3 Å². The summed E-state index contributed by atoms with van der Waals surface area (Å²) in [6.45, 7) is 6.99. The van der Waals surface area contributed by atoms with Crippen molar-refractivity contribution in [1.82, 2.24) is 0 Å². The first-order valence-electron chi connectivity index (χ1n) is 6.08. The van der Waals surface area contributed by atoms with Crippen molar-refractivity contribution in [3.63, 3.8) is 0 Å². The van der Waals surface area contributed by atoms with Gasteiger partial charge in [0.25, 0.3) is 0 Å². The van der Waals surface area contributed by atoms with E-state index in [1.807, 2.05) is 26.8 Å². The fourth-order valence-corrected chi connectivity index (χ4v) is 1.57. The van der Waals surface area contributed by atoms with Crippen LogP contribution in [0.25, 0.3) is 0 Å². The Labute approximate surface area is 119 Å². The third-order valence-corrected chi connectivity index (χ3v) is 2.56. The molecule has 0 radical (unpaired) electrons. The zero-order chi connectivity index (χ0) is 14.5. The molecule has 0 heterocycles. The van der Waals surface area contributed by atoms with Crippen LogP contribution in [0.4, 0.5) is 0 Å². The van der Waals surface area contributed by atoms with Crippen molar-refractivity contribution in [1.29, 1.82) is 0 Å². The van der Waals surface area contributed by atoms with Gasteiger partial charge in [-0.1, -0.05) is 12.2 Å². The zero-order valence-electron chi connectivity index (χ0n) is 11.9. The van der Waals surface area contributed by atoms with Crippen LogP contribution in [0.1, 0.15) is 26.3 Å². The lowest BCUT2D eigenvalue weighted by Crippen LogP contribution is -2.22. The van der Waals surface area contributed by atoms with Crippen LogP contribution in [0, 0.1) is 0 Å². The normalized spacial score (nSPS) is 11.2. The number of hydrogen-bond donors (Lipinski definition) is 1. The molecular weight excluding hydrogens is 262 g/mol. The van der Waals surface area contributed by atoms with E-state index < -0.39 is 0 Å². The van der Waals surface area contributed by atoms with E-state index in [0.717, 1.165) is 5.56 Å². The number of methoxy groups -OCH3 is 1. The Morgan fingerprint density at radius 2 is 1.89 bits per heavy atom. The third kappa shape index (κ3) is 5.44. The summed E-state index contributed by atoms with van der Waals surface area (Å²) in [7, 11) is 1.58. The number of thiocarbonyl (C=S) groups is 1. The van der Waals surface area contributed by atoms with Gasteiger partial charge in [0.15, 0.2) is 11.5 Å². The second kappa shape index (κ2) is 6.73. The molecule has 0 saturated heterocycles. The summed E-state index contributed by atoms with van der Waals surface area (Å²) in [5, 5.41) is 0. The largest absolute Gasteiger partial charge is 0.493 e. The minimum absolute atomic E-state index is 0.164. The van der Waals surface area contributed by atoms with Crippen molar-refractivity contribution in [2.45, 2.75) is 26.4 Å². The maximum absolute atomic E-state index is 5.62. The van der Waals surface area contributed by atoms with Gasteiger partial charge in [-0.3, -0.25) is 0 Å². The molecule has 0 atom stereocenters. The van der Waals surface area contributed by atoms with Gasteiger partial charge in [-0.05, 0) is 39.0 Å². The standard InChI is InChI=1S/C14H21NO3S/c1-14(2,3)18-8-7-17-11-6-5-10(13(15)19)9-12(11)16-4/h5-6,9H,7-8H2,1-4H3,(H2,15,19). The van der Waals surface area contributed by atoms with Crippen molar-refractivity contribution in [2.75, 3.05) is 20.3 Å². The Morgan fingerprint density at radius 3 is 2.42 bits per heavy atom. The number of ether oxygens (including phenoxy) is 3. The quantitative estimate of drug-likeness (QED) is 0.642. The molecule has 4 nitrogen and oxygen atoms in total. The topological polar surface area (TPSA) is 53.7 Å². The van der Waals surface area contributed by atoms with E-state index in [-0.39, 0.29) is 5.60 Å². The highest BCUT2D eigenvalue weighted by Gasteiger charge is 2.11. The fraction of sp³-hybridized carbons (Fsp3) is 0.500. The molecular formula is C14H21NO3S. The van der Waals surface area contributed by atoms with Crippen molar-refractivity contribution in [3.8, 4) is 11.5 Å². The van der Waals surface area contributed by atoms with Gasteiger partial charge in [-0.25, -0.2) is 0 Å². The van der Waals surface area contributed by atoms with Crippen LogP contribution < -0.4 is 15.2 Å². The van der Waals surface area contributed by atoms with Gasteiger partial charge in [0, 0.05) is 5.56 Å². The molecule has 0 fully saturated rings. The molecule has 0 aromatic heterocycles. The van der Waals surface area contributed by atoms with Crippen LogP contribution >= 0.6 is 12.2 Å². The maximum Gasteiger partial charge on any atom is 0.161 e. The van der Waals surface area contributed by atoms with Crippen molar-refractivity contribution < 1.29 is 14.2 Å². The molecule has 0 amide bonds. The molecule has 1 aromatic rings. The molecule has 2 N–H and O–H groups in total. The second-order valence-corrected chi connectivity index (χ2v) is 5.48. The summed E-state index contributed by atoms with van der Waals surface area (Å²) in [6, 6.07) is 5.37. The monoisotopic (exact) mass is 283 g/mol. The lowest BCUT2D eigenvalue weighted by molar-refractivity contribution is -0.0165. The van der Waals surface area contributed by atoms with Crippen molar-refractivity contribution in [2.24, 2.45) is 5.73 Å². The van der Waals surface area contributed by atoms with Crippen LogP contribution in [0.3, 0.4) is 0 Å². The van der Waals surface area contributed by atoms with Gasteiger partial charge >= 0.3 is 0 Å². The maximum atomic E-state index is 5.62. The molecule has 1 aromatic carbocycles. The predicted octanol–water partition coefficient (Wildman–Crippen LogP) is 2.52. The lowest BCUT2D eigenvalue weighted by Gasteiger charge is -2.20. The smallest absolute Gasteiger partial charge is 0.161 e. The van der Waals surface area contributed by atoms with Gasteiger partial charge < -0.3 is 19.9 Å². The van der Waals surface area contributed by atoms with E-state index in [2.05, 4.69) is 0 Å². The van der Waals surface area contributed by atoms with E-state index in [1.54, 1.807) is 19.2 Å². The molecule has 5 heteroatoms.